The van der Waals surface area contributed by atoms with Crippen molar-refractivity contribution in [2.75, 3.05) is 72.0 Å². The van der Waals surface area contributed by atoms with E-state index < -0.39 is 0 Å². The van der Waals surface area contributed by atoms with Gasteiger partial charge in [0.25, 0.3) is 0 Å². The predicted octanol–water partition coefficient (Wildman–Crippen LogP) is 0.231. The molecule has 0 spiro atoms. The molecular weight excluding hydrogens is 554 g/mol. The molecule has 0 bridgehead atoms. The zero-order valence-corrected chi connectivity index (χ0v) is 26.4. The molecule has 0 aromatic heterocycles. The Balaban J connectivity index is 0.869. The maximum Gasteiger partial charge on any atom is 0.152 e. The number of hydrazine groups is 1. The van der Waals surface area contributed by atoms with Gasteiger partial charge in [0.1, 0.15) is 12.5 Å². The molecule has 6 aliphatic heterocycles. The van der Waals surface area contributed by atoms with Crippen molar-refractivity contribution in [2.24, 2.45) is 17.8 Å². The van der Waals surface area contributed by atoms with Gasteiger partial charge in [0.15, 0.2) is 5.78 Å². The van der Waals surface area contributed by atoms with Gasteiger partial charge in [-0.3, -0.25) is 36.0 Å². The number of carbonyl (C=O) groups excluding carboxylic acids is 1. The minimum Gasteiger partial charge on any atom is -0.379 e. The molecule has 11 nitrogen and oxygen atoms in total. The summed E-state index contributed by atoms with van der Waals surface area (Å²) in [5.74, 6) is 3.24. The van der Waals surface area contributed by atoms with Crippen molar-refractivity contribution in [3.63, 3.8) is 0 Å². The van der Waals surface area contributed by atoms with Crippen molar-refractivity contribution >= 4 is 17.5 Å². The number of morpholine rings is 1. The Morgan fingerprint density at radius 3 is 2.67 bits per heavy atom. The standard InChI is InChI=1S/C30H53N7O4S/c1-19-21(14-35(2)23-16-40-17-23)15-37(34-19)26-7-8-31-30(33-26)32-22-5-3-20(4-6-22)24-18-42-29-25(38)13-27(41-28(24)29)36-9-11-39-12-10-36/h19-24,26-34H,3-18H2,1-2H3. The van der Waals surface area contributed by atoms with Crippen LogP contribution in [0.3, 0.4) is 0 Å². The van der Waals surface area contributed by atoms with Crippen molar-refractivity contribution < 1.29 is 19.0 Å². The maximum absolute atomic E-state index is 13.1. The fourth-order valence-corrected chi connectivity index (χ4v) is 9.97. The topological polar surface area (TPSA) is 103 Å². The Labute approximate surface area is 255 Å². The quantitative estimate of drug-likeness (QED) is 0.304. The highest BCUT2D eigenvalue weighted by Gasteiger charge is 2.50. The van der Waals surface area contributed by atoms with E-state index in [4.69, 9.17) is 14.2 Å². The molecule has 42 heavy (non-hydrogen) atoms. The highest BCUT2D eigenvalue weighted by molar-refractivity contribution is 8.01. The van der Waals surface area contributed by atoms with Gasteiger partial charge < -0.3 is 14.2 Å². The van der Waals surface area contributed by atoms with Crippen molar-refractivity contribution in [2.45, 2.75) is 93.6 Å². The van der Waals surface area contributed by atoms with Gasteiger partial charge in [0.05, 0.1) is 50.0 Å². The summed E-state index contributed by atoms with van der Waals surface area (Å²) in [4.78, 5) is 17.9. The summed E-state index contributed by atoms with van der Waals surface area (Å²) in [6, 6.07) is 1.58. The minimum absolute atomic E-state index is 0.0462. The van der Waals surface area contributed by atoms with Crippen LogP contribution in [0.4, 0.5) is 0 Å². The van der Waals surface area contributed by atoms with Crippen LogP contribution in [0.15, 0.2) is 0 Å². The number of nitrogens with one attached hydrogen (secondary N) is 4. The molecule has 7 rings (SSSR count). The van der Waals surface area contributed by atoms with Crippen LogP contribution in [0.5, 0.6) is 0 Å². The fraction of sp³-hybridized carbons (Fsp3) is 0.967. The monoisotopic (exact) mass is 607 g/mol. The van der Waals surface area contributed by atoms with E-state index in [0.29, 0.717) is 54.2 Å². The molecule has 6 heterocycles. The molecule has 1 aliphatic carbocycles. The van der Waals surface area contributed by atoms with Crippen LogP contribution in [0.2, 0.25) is 0 Å². The van der Waals surface area contributed by atoms with E-state index in [2.05, 4.69) is 50.2 Å². The number of carbonyl (C=O) groups is 1. The number of nitrogens with zero attached hydrogens (tertiary/aromatic N) is 3. The summed E-state index contributed by atoms with van der Waals surface area (Å²) >= 11 is 1.86. The summed E-state index contributed by atoms with van der Waals surface area (Å²) in [6.07, 6.45) is 6.94. The number of rotatable bonds is 8. The molecule has 6 saturated heterocycles. The Hall–Kier alpha value is -0.380. The van der Waals surface area contributed by atoms with Crippen molar-refractivity contribution in [1.29, 1.82) is 0 Å². The molecule has 7 fully saturated rings. The SMILES string of the molecule is CC1NN(C2CCNC(NC3CCC(C4CSC5C(=O)CC(N6CCOCC6)OC54)CC3)N2)CC1CN(C)C1COC1. The number of ether oxygens (including phenoxy) is 3. The lowest BCUT2D eigenvalue weighted by atomic mass is 9.75. The number of likely N-dealkylation sites (N-methyl/N-ethyl adjacent to an activating group) is 1. The summed E-state index contributed by atoms with van der Waals surface area (Å²) in [5, 5.41) is 13.9. The third-order valence-corrected chi connectivity index (χ3v) is 12.7. The van der Waals surface area contributed by atoms with Gasteiger partial charge in [-0.05, 0) is 63.7 Å². The molecule has 7 aliphatic rings. The Kier molecular flexibility index (Phi) is 9.76. The highest BCUT2D eigenvalue weighted by Crippen LogP contribution is 2.46. The Bertz CT molecular complexity index is 918. The van der Waals surface area contributed by atoms with E-state index in [0.717, 1.165) is 71.3 Å². The van der Waals surface area contributed by atoms with Crippen molar-refractivity contribution in [3.8, 4) is 0 Å². The van der Waals surface area contributed by atoms with Gasteiger partial charge in [-0.2, -0.15) is 0 Å². The molecule has 0 amide bonds. The van der Waals surface area contributed by atoms with E-state index in [-0.39, 0.29) is 23.9 Å². The smallest absolute Gasteiger partial charge is 0.152 e. The maximum atomic E-state index is 13.1. The third-order valence-electron chi connectivity index (χ3n) is 11.2. The number of hydrogen-bond donors (Lipinski definition) is 4. The van der Waals surface area contributed by atoms with E-state index >= 15 is 0 Å². The molecule has 8 unspecified atom stereocenters. The average molecular weight is 608 g/mol. The third kappa shape index (κ3) is 6.60. The molecule has 0 aromatic carbocycles. The van der Waals surface area contributed by atoms with Crippen LogP contribution >= 0.6 is 11.8 Å². The van der Waals surface area contributed by atoms with Crippen LogP contribution in [0.25, 0.3) is 0 Å². The normalized spacial score (nSPS) is 44.4. The minimum atomic E-state index is -0.0557. The summed E-state index contributed by atoms with van der Waals surface area (Å²) in [7, 11) is 2.24. The first-order valence-electron chi connectivity index (χ1n) is 16.7. The molecule has 1 saturated carbocycles. The molecule has 8 atom stereocenters. The number of hydrogen-bond acceptors (Lipinski definition) is 12. The first kappa shape index (κ1) is 30.3. The lowest BCUT2D eigenvalue weighted by Crippen LogP contribution is -2.67. The Morgan fingerprint density at radius 2 is 1.90 bits per heavy atom. The first-order chi connectivity index (χ1) is 20.5. The summed E-state index contributed by atoms with van der Waals surface area (Å²) in [6.45, 7) is 10.5. The number of thioether (sulfide) groups is 1. The van der Waals surface area contributed by atoms with E-state index in [9.17, 15) is 4.79 Å². The highest BCUT2D eigenvalue weighted by atomic mass is 32.2. The van der Waals surface area contributed by atoms with Crippen LogP contribution in [0, 0.1) is 17.8 Å². The lowest BCUT2D eigenvalue weighted by molar-refractivity contribution is -0.170. The number of Topliss-reactive ketones (excluding diaryl/α,β-unsaturated/α-hetero) is 1. The summed E-state index contributed by atoms with van der Waals surface area (Å²) in [5.41, 5.74) is 3.78. The Morgan fingerprint density at radius 1 is 1.10 bits per heavy atom. The van der Waals surface area contributed by atoms with E-state index in [1.807, 2.05) is 11.8 Å². The molecule has 238 valence electrons. The molecule has 4 N–H and O–H groups in total. The average Bonchev–Trinajstić information content (AvgIpc) is 3.57. The van der Waals surface area contributed by atoms with Gasteiger partial charge in [-0.1, -0.05) is 0 Å². The van der Waals surface area contributed by atoms with Gasteiger partial charge in [-0.15, -0.1) is 11.8 Å². The van der Waals surface area contributed by atoms with Crippen LogP contribution in [-0.2, 0) is 19.0 Å². The van der Waals surface area contributed by atoms with Crippen LogP contribution < -0.4 is 21.4 Å². The van der Waals surface area contributed by atoms with Gasteiger partial charge >= 0.3 is 0 Å². The second-order valence-corrected chi connectivity index (χ2v) is 15.1. The van der Waals surface area contributed by atoms with Gasteiger partial charge in [-0.25, -0.2) is 5.01 Å². The second-order valence-electron chi connectivity index (χ2n) is 13.9. The van der Waals surface area contributed by atoms with Crippen molar-refractivity contribution in [3.05, 3.63) is 0 Å². The molecule has 0 aromatic rings. The summed E-state index contributed by atoms with van der Waals surface area (Å²) < 4.78 is 17.7. The number of fused-ring (bicyclic) bond motifs is 1. The second kappa shape index (κ2) is 13.5. The molecule has 12 heteroatoms. The van der Waals surface area contributed by atoms with Gasteiger partial charge in [0.2, 0.25) is 0 Å². The van der Waals surface area contributed by atoms with E-state index in [1.54, 1.807) is 0 Å². The fourth-order valence-electron chi connectivity index (χ4n) is 8.34. The largest absolute Gasteiger partial charge is 0.379 e. The van der Waals surface area contributed by atoms with Gasteiger partial charge in [0, 0.05) is 57.1 Å². The first-order valence-corrected chi connectivity index (χ1v) is 17.7. The molecular formula is C30H53N7O4S. The van der Waals surface area contributed by atoms with E-state index in [1.165, 1.54) is 25.7 Å². The zero-order chi connectivity index (χ0) is 28.6. The van der Waals surface area contributed by atoms with Crippen molar-refractivity contribution in [1.82, 2.24) is 36.2 Å². The van der Waals surface area contributed by atoms with Crippen LogP contribution in [-0.4, -0.2) is 141 Å². The number of ketones is 1. The van der Waals surface area contributed by atoms with Crippen LogP contribution in [0.1, 0.15) is 45.4 Å². The predicted molar refractivity (Wildman–Crippen MR) is 163 cm³/mol. The molecule has 0 radical (unpaired) electrons. The zero-order valence-electron chi connectivity index (χ0n) is 25.5. The lowest BCUT2D eigenvalue weighted by Gasteiger charge is -2.43.